The number of likely N-dealkylation sites (N-methyl/N-ethyl adjacent to an activating group) is 1. The highest BCUT2D eigenvalue weighted by atomic mass is 16.5. The molecule has 0 saturated heterocycles. The second kappa shape index (κ2) is 13.3. The summed E-state index contributed by atoms with van der Waals surface area (Å²) in [6, 6.07) is 0. The predicted octanol–water partition coefficient (Wildman–Crippen LogP) is 1.95. The quantitative estimate of drug-likeness (QED) is 0.486. The number of unbranched alkanes of at least 4 members (excludes halogenated alkanes) is 1. The highest BCUT2D eigenvalue weighted by Crippen LogP contribution is 1.98. The molecule has 0 heterocycles. The van der Waals surface area contributed by atoms with Gasteiger partial charge in [-0.3, -0.25) is 4.79 Å². The molecule has 0 unspecified atom stereocenters. The predicted molar refractivity (Wildman–Crippen MR) is 79.8 cm³/mol. The highest BCUT2D eigenvalue weighted by Gasteiger charge is 2.11. The Hall–Kier alpha value is -0.650. The molecule has 0 bridgehead atoms. The van der Waals surface area contributed by atoms with E-state index in [0.29, 0.717) is 39.6 Å². The van der Waals surface area contributed by atoms with Crippen LogP contribution in [0.2, 0.25) is 0 Å². The molecule has 0 aliphatic rings. The van der Waals surface area contributed by atoms with Crippen LogP contribution >= 0.6 is 0 Å². The van der Waals surface area contributed by atoms with Gasteiger partial charge in [0.15, 0.2) is 0 Å². The number of ether oxygens (including phenoxy) is 3. The first-order chi connectivity index (χ1) is 9.59. The van der Waals surface area contributed by atoms with E-state index in [1.54, 1.807) is 11.9 Å². The van der Waals surface area contributed by atoms with Crippen molar-refractivity contribution in [3.8, 4) is 0 Å². The Labute approximate surface area is 123 Å². The van der Waals surface area contributed by atoms with Crippen LogP contribution in [-0.2, 0) is 19.0 Å². The van der Waals surface area contributed by atoms with Gasteiger partial charge in [0.2, 0.25) is 5.91 Å². The zero-order valence-corrected chi connectivity index (χ0v) is 13.5. The molecule has 0 aliphatic heterocycles. The molecule has 120 valence electrons. The lowest BCUT2D eigenvalue weighted by Crippen LogP contribution is -2.33. The van der Waals surface area contributed by atoms with E-state index in [1.807, 2.05) is 13.8 Å². The zero-order chi connectivity index (χ0) is 15.2. The van der Waals surface area contributed by atoms with Crippen molar-refractivity contribution >= 4 is 5.91 Å². The minimum atomic E-state index is 0.0380. The van der Waals surface area contributed by atoms with Crippen LogP contribution in [0.1, 0.15) is 33.6 Å². The van der Waals surface area contributed by atoms with Gasteiger partial charge >= 0.3 is 0 Å². The van der Waals surface area contributed by atoms with Gasteiger partial charge in [0.1, 0.15) is 0 Å². The Morgan fingerprint density at radius 2 is 1.45 bits per heavy atom. The molecule has 0 rings (SSSR count). The number of rotatable bonds is 13. The third-order valence-corrected chi connectivity index (χ3v) is 2.83. The number of carbonyl (C=O) groups is 1. The molecule has 1 amide bonds. The minimum Gasteiger partial charge on any atom is -0.379 e. The second-order valence-corrected chi connectivity index (χ2v) is 5.11. The molecule has 0 aliphatic carbocycles. The number of carbonyl (C=O) groups excluding carboxylic acids is 1. The molecule has 0 aromatic heterocycles. The van der Waals surface area contributed by atoms with Crippen LogP contribution in [0.4, 0.5) is 0 Å². The summed E-state index contributed by atoms with van der Waals surface area (Å²) < 4.78 is 16.2. The van der Waals surface area contributed by atoms with Crippen LogP contribution in [0.3, 0.4) is 0 Å². The molecule has 0 N–H and O–H groups in total. The van der Waals surface area contributed by atoms with Crippen molar-refractivity contribution < 1.29 is 19.0 Å². The van der Waals surface area contributed by atoms with E-state index in [9.17, 15) is 4.79 Å². The fourth-order valence-electron chi connectivity index (χ4n) is 1.54. The monoisotopic (exact) mass is 289 g/mol. The van der Waals surface area contributed by atoms with Crippen molar-refractivity contribution in [1.29, 1.82) is 0 Å². The minimum absolute atomic E-state index is 0.0380. The largest absolute Gasteiger partial charge is 0.379 e. The summed E-state index contributed by atoms with van der Waals surface area (Å²) in [7, 11) is 1.80. The molecule has 0 radical (unpaired) electrons. The molecule has 0 atom stereocenters. The maximum absolute atomic E-state index is 11.6. The summed E-state index contributed by atoms with van der Waals surface area (Å²) in [6.07, 6.45) is 2.26. The van der Waals surface area contributed by atoms with Gasteiger partial charge < -0.3 is 19.1 Å². The normalized spacial score (nSPS) is 11.1. The van der Waals surface area contributed by atoms with Gasteiger partial charge in [-0.2, -0.15) is 0 Å². The highest BCUT2D eigenvalue weighted by molar-refractivity contribution is 5.77. The summed E-state index contributed by atoms with van der Waals surface area (Å²) in [6.45, 7) is 10.3. The van der Waals surface area contributed by atoms with Crippen molar-refractivity contribution in [2.24, 2.45) is 5.92 Å². The molecule has 0 aromatic carbocycles. The van der Waals surface area contributed by atoms with Gasteiger partial charge in [0.25, 0.3) is 0 Å². The van der Waals surface area contributed by atoms with Gasteiger partial charge in [-0.05, 0) is 6.42 Å². The van der Waals surface area contributed by atoms with Crippen LogP contribution in [0.25, 0.3) is 0 Å². The Balaban J connectivity index is 3.22. The summed E-state index contributed by atoms with van der Waals surface area (Å²) in [5, 5.41) is 0. The van der Waals surface area contributed by atoms with E-state index in [2.05, 4.69) is 6.92 Å². The maximum atomic E-state index is 11.6. The molecular formula is C15H31NO4. The van der Waals surface area contributed by atoms with Gasteiger partial charge in [-0.25, -0.2) is 0 Å². The lowest BCUT2D eigenvalue weighted by atomic mass is 10.2. The topological polar surface area (TPSA) is 48.0 Å². The van der Waals surface area contributed by atoms with Crippen molar-refractivity contribution in [3.63, 3.8) is 0 Å². The number of amides is 1. The third kappa shape index (κ3) is 11.2. The Morgan fingerprint density at radius 3 is 1.95 bits per heavy atom. The lowest BCUT2D eigenvalue weighted by molar-refractivity contribution is -0.133. The summed E-state index contributed by atoms with van der Waals surface area (Å²) in [5.74, 6) is 0.185. The van der Waals surface area contributed by atoms with Crippen LogP contribution in [0, 0.1) is 5.92 Å². The first-order valence-electron chi connectivity index (χ1n) is 7.57. The molecule has 0 fully saturated rings. The van der Waals surface area contributed by atoms with Gasteiger partial charge in [-0.15, -0.1) is 0 Å². The molecular weight excluding hydrogens is 258 g/mol. The third-order valence-electron chi connectivity index (χ3n) is 2.83. The second-order valence-electron chi connectivity index (χ2n) is 5.11. The van der Waals surface area contributed by atoms with Crippen LogP contribution in [0.15, 0.2) is 0 Å². The Kier molecular flexibility index (Phi) is 12.9. The fourth-order valence-corrected chi connectivity index (χ4v) is 1.54. The van der Waals surface area contributed by atoms with Gasteiger partial charge in [0, 0.05) is 26.1 Å². The van der Waals surface area contributed by atoms with Crippen molar-refractivity contribution in [2.45, 2.75) is 33.6 Å². The number of hydrogen-bond donors (Lipinski definition) is 0. The van der Waals surface area contributed by atoms with Crippen molar-refractivity contribution in [3.05, 3.63) is 0 Å². The molecule has 5 heteroatoms. The molecule has 0 spiro atoms. The smallest absolute Gasteiger partial charge is 0.224 e. The van der Waals surface area contributed by atoms with Crippen molar-refractivity contribution in [1.82, 2.24) is 4.90 Å². The van der Waals surface area contributed by atoms with Crippen LogP contribution in [0.5, 0.6) is 0 Å². The lowest BCUT2D eigenvalue weighted by Gasteiger charge is -2.19. The molecule has 5 nitrogen and oxygen atoms in total. The molecule has 0 saturated carbocycles. The first-order valence-corrected chi connectivity index (χ1v) is 7.57. The van der Waals surface area contributed by atoms with E-state index in [0.717, 1.165) is 19.4 Å². The maximum Gasteiger partial charge on any atom is 0.224 e. The molecule has 0 aromatic rings. The Morgan fingerprint density at radius 1 is 0.950 bits per heavy atom. The molecule has 20 heavy (non-hydrogen) atoms. The van der Waals surface area contributed by atoms with E-state index in [-0.39, 0.29) is 11.8 Å². The van der Waals surface area contributed by atoms with E-state index in [4.69, 9.17) is 14.2 Å². The zero-order valence-electron chi connectivity index (χ0n) is 13.5. The van der Waals surface area contributed by atoms with E-state index >= 15 is 0 Å². The summed E-state index contributed by atoms with van der Waals surface area (Å²) >= 11 is 0. The SMILES string of the molecule is CCCCOCCOCCOCCN(C)C(=O)C(C)C. The average Bonchev–Trinajstić information content (AvgIpc) is 2.43. The number of hydrogen-bond acceptors (Lipinski definition) is 4. The van der Waals surface area contributed by atoms with Crippen molar-refractivity contribution in [2.75, 3.05) is 53.2 Å². The van der Waals surface area contributed by atoms with Crippen LogP contribution < -0.4 is 0 Å². The summed E-state index contributed by atoms with van der Waals surface area (Å²) in [4.78, 5) is 13.3. The standard InChI is InChI=1S/C15H31NO4/c1-5-6-8-18-10-12-20-13-11-19-9-7-16(4)15(17)14(2)3/h14H,5-13H2,1-4H3. The number of nitrogens with zero attached hydrogens (tertiary/aromatic N) is 1. The van der Waals surface area contributed by atoms with E-state index < -0.39 is 0 Å². The van der Waals surface area contributed by atoms with Gasteiger partial charge in [-0.1, -0.05) is 27.2 Å². The Bertz CT molecular complexity index is 234. The van der Waals surface area contributed by atoms with Gasteiger partial charge in [0.05, 0.1) is 33.0 Å². The fraction of sp³-hybridized carbons (Fsp3) is 0.933. The van der Waals surface area contributed by atoms with E-state index in [1.165, 1.54) is 0 Å². The van der Waals surface area contributed by atoms with Crippen LogP contribution in [-0.4, -0.2) is 64.0 Å². The first kappa shape index (κ1) is 19.4. The average molecular weight is 289 g/mol. The summed E-state index contributed by atoms with van der Waals surface area (Å²) in [5.41, 5.74) is 0.